The number of nitrogens with zero attached hydrogens (tertiary/aromatic N) is 1. The lowest BCUT2D eigenvalue weighted by molar-refractivity contribution is -0.118. The number of anilines is 2. The third-order valence-electron chi connectivity index (χ3n) is 3.29. The van der Waals surface area contributed by atoms with Gasteiger partial charge in [-0.25, -0.2) is 0 Å². The number of amides is 2. The molecule has 2 rings (SSSR count). The smallest absolute Gasteiger partial charge is 0.238 e. The lowest BCUT2D eigenvalue weighted by atomic mass is 10.2. The van der Waals surface area contributed by atoms with Crippen LogP contribution in [-0.2, 0) is 14.3 Å². The summed E-state index contributed by atoms with van der Waals surface area (Å²) in [6.07, 6.45) is 0.290. The molecule has 2 amide bonds. The molecule has 1 fully saturated rings. The van der Waals surface area contributed by atoms with Crippen LogP contribution in [0.25, 0.3) is 0 Å². The van der Waals surface area contributed by atoms with Gasteiger partial charge in [-0.2, -0.15) is 0 Å². The van der Waals surface area contributed by atoms with Crippen LogP contribution in [0.2, 0.25) is 0 Å². The minimum absolute atomic E-state index is 0.0539. The third kappa shape index (κ3) is 5.44. The fraction of sp³-hybridized carbons (Fsp3) is 0.467. The number of benzene rings is 1. The molecule has 7 nitrogen and oxygen atoms in total. The van der Waals surface area contributed by atoms with Gasteiger partial charge in [0.05, 0.1) is 19.8 Å². The Morgan fingerprint density at radius 3 is 2.14 bits per heavy atom. The normalized spacial score (nSPS) is 15.3. The van der Waals surface area contributed by atoms with Crippen LogP contribution in [0.15, 0.2) is 24.3 Å². The van der Waals surface area contributed by atoms with E-state index >= 15 is 0 Å². The molecule has 0 bridgehead atoms. The predicted molar refractivity (Wildman–Crippen MR) is 84.6 cm³/mol. The minimum Gasteiger partial charge on any atom is -0.379 e. The summed E-state index contributed by atoms with van der Waals surface area (Å²) in [7, 11) is 0. The van der Waals surface area contributed by atoms with E-state index in [2.05, 4.69) is 15.5 Å². The molecule has 1 aliphatic rings. The number of rotatable bonds is 6. The molecule has 0 atom stereocenters. The molecule has 0 aromatic heterocycles. The Morgan fingerprint density at radius 1 is 1.05 bits per heavy atom. The molecule has 7 heteroatoms. The number of hydrogen-bond acceptors (Lipinski definition) is 5. The van der Waals surface area contributed by atoms with E-state index in [0.717, 1.165) is 13.1 Å². The minimum atomic E-state index is -0.119. The zero-order chi connectivity index (χ0) is 15.8. The Balaban J connectivity index is 1.80. The van der Waals surface area contributed by atoms with Gasteiger partial charge in [-0.1, -0.05) is 0 Å². The first-order valence-electron chi connectivity index (χ1n) is 7.37. The second kappa shape index (κ2) is 8.47. The van der Waals surface area contributed by atoms with E-state index < -0.39 is 0 Å². The maximum absolute atomic E-state index is 12.0. The van der Waals surface area contributed by atoms with Gasteiger partial charge >= 0.3 is 0 Å². The maximum Gasteiger partial charge on any atom is 0.238 e. The third-order valence-corrected chi connectivity index (χ3v) is 3.29. The van der Waals surface area contributed by atoms with Gasteiger partial charge in [-0.05, 0) is 24.3 Å². The monoisotopic (exact) mass is 306 g/mol. The molecule has 1 aliphatic heterocycles. The van der Waals surface area contributed by atoms with Crippen molar-refractivity contribution in [3.8, 4) is 0 Å². The van der Waals surface area contributed by atoms with Crippen LogP contribution < -0.4 is 16.4 Å². The fourth-order valence-corrected chi connectivity index (χ4v) is 2.15. The molecule has 0 saturated carbocycles. The van der Waals surface area contributed by atoms with Crippen LogP contribution in [0.5, 0.6) is 0 Å². The number of carbonyl (C=O) groups is 2. The van der Waals surface area contributed by atoms with E-state index in [0.29, 0.717) is 37.7 Å². The van der Waals surface area contributed by atoms with Crippen molar-refractivity contribution < 1.29 is 14.3 Å². The molecular formula is C15H22N4O3. The zero-order valence-electron chi connectivity index (χ0n) is 12.5. The highest BCUT2D eigenvalue weighted by atomic mass is 16.5. The molecule has 1 heterocycles. The second-order valence-electron chi connectivity index (χ2n) is 5.10. The number of nitrogens with one attached hydrogen (secondary N) is 2. The summed E-state index contributed by atoms with van der Waals surface area (Å²) in [5, 5.41) is 5.58. The van der Waals surface area contributed by atoms with Crippen LogP contribution in [0, 0.1) is 0 Å². The van der Waals surface area contributed by atoms with Gasteiger partial charge in [0.25, 0.3) is 0 Å². The van der Waals surface area contributed by atoms with E-state index in [1.54, 1.807) is 24.3 Å². The number of nitrogens with two attached hydrogens (primary N) is 1. The summed E-state index contributed by atoms with van der Waals surface area (Å²) in [6.45, 7) is 3.58. The van der Waals surface area contributed by atoms with E-state index in [1.807, 2.05) is 0 Å². The number of hydrogen-bond donors (Lipinski definition) is 3. The van der Waals surface area contributed by atoms with Crippen molar-refractivity contribution >= 4 is 23.2 Å². The van der Waals surface area contributed by atoms with Gasteiger partial charge in [0.2, 0.25) is 11.8 Å². The Hall–Kier alpha value is -1.96. The molecule has 1 saturated heterocycles. The lowest BCUT2D eigenvalue weighted by Gasteiger charge is -2.25. The molecule has 22 heavy (non-hydrogen) atoms. The quantitative estimate of drug-likeness (QED) is 0.700. The molecule has 0 aliphatic carbocycles. The molecule has 4 N–H and O–H groups in total. The summed E-state index contributed by atoms with van der Waals surface area (Å²) in [5.74, 6) is -0.173. The lowest BCUT2D eigenvalue weighted by Crippen LogP contribution is -2.41. The van der Waals surface area contributed by atoms with Gasteiger partial charge in [-0.3, -0.25) is 14.5 Å². The van der Waals surface area contributed by atoms with E-state index in [1.165, 1.54) is 0 Å². The Kier molecular flexibility index (Phi) is 6.32. The summed E-state index contributed by atoms with van der Waals surface area (Å²) >= 11 is 0. The molecule has 0 radical (unpaired) electrons. The van der Waals surface area contributed by atoms with Crippen LogP contribution in [0.4, 0.5) is 11.4 Å². The van der Waals surface area contributed by atoms with Crippen molar-refractivity contribution in [1.29, 1.82) is 0 Å². The van der Waals surface area contributed by atoms with Crippen LogP contribution in [-0.4, -0.2) is 56.1 Å². The van der Waals surface area contributed by atoms with Crippen LogP contribution in [0.1, 0.15) is 6.42 Å². The fourth-order valence-electron chi connectivity index (χ4n) is 2.15. The van der Waals surface area contributed by atoms with E-state index in [9.17, 15) is 9.59 Å². The summed E-state index contributed by atoms with van der Waals surface area (Å²) in [6, 6.07) is 7.02. The summed E-state index contributed by atoms with van der Waals surface area (Å²) in [5.41, 5.74) is 6.71. The van der Waals surface area contributed by atoms with Crippen molar-refractivity contribution in [1.82, 2.24) is 4.90 Å². The topological polar surface area (TPSA) is 96.7 Å². The molecule has 1 aromatic carbocycles. The standard InChI is InChI=1S/C15H22N4O3/c16-6-5-14(20)17-12-1-3-13(4-2-12)18-15(21)11-19-7-9-22-10-8-19/h1-4H,5-11,16H2,(H,17,20)(H,18,21). The highest BCUT2D eigenvalue weighted by Gasteiger charge is 2.14. The first kappa shape index (κ1) is 16.4. The Bertz CT molecular complexity index is 498. The van der Waals surface area contributed by atoms with Gasteiger partial charge in [-0.15, -0.1) is 0 Å². The Morgan fingerprint density at radius 2 is 1.59 bits per heavy atom. The predicted octanol–water partition coefficient (Wildman–Crippen LogP) is 0.245. The van der Waals surface area contributed by atoms with Crippen molar-refractivity contribution in [2.75, 3.05) is 50.0 Å². The largest absolute Gasteiger partial charge is 0.379 e. The average molecular weight is 306 g/mol. The van der Waals surface area contributed by atoms with Crippen molar-refractivity contribution in [3.63, 3.8) is 0 Å². The van der Waals surface area contributed by atoms with Gasteiger partial charge in [0, 0.05) is 37.4 Å². The summed E-state index contributed by atoms with van der Waals surface area (Å²) < 4.78 is 5.25. The van der Waals surface area contributed by atoms with E-state index in [4.69, 9.17) is 10.5 Å². The molecular weight excluding hydrogens is 284 g/mol. The molecule has 1 aromatic rings. The molecule has 0 spiro atoms. The SMILES string of the molecule is NCCC(=O)Nc1ccc(NC(=O)CN2CCOCC2)cc1. The van der Waals surface area contributed by atoms with Crippen molar-refractivity contribution in [3.05, 3.63) is 24.3 Å². The Labute approximate surface area is 129 Å². The average Bonchev–Trinajstić information content (AvgIpc) is 2.50. The first-order chi connectivity index (χ1) is 10.7. The highest BCUT2D eigenvalue weighted by molar-refractivity contribution is 5.93. The number of morpholine rings is 1. The highest BCUT2D eigenvalue weighted by Crippen LogP contribution is 2.13. The van der Waals surface area contributed by atoms with Crippen molar-refractivity contribution in [2.45, 2.75) is 6.42 Å². The second-order valence-corrected chi connectivity index (χ2v) is 5.10. The number of ether oxygens (including phenoxy) is 1. The van der Waals surface area contributed by atoms with Crippen LogP contribution >= 0.6 is 0 Å². The maximum atomic E-state index is 12.0. The number of carbonyl (C=O) groups excluding carboxylic acids is 2. The van der Waals surface area contributed by atoms with Gasteiger partial charge in [0.15, 0.2) is 0 Å². The summed E-state index contributed by atoms with van der Waals surface area (Å²) in [4.78, 5) is 25.4. The van der Waals surface area contributed by atoms with E-state index in [-0.39, 0.29) is 18.2 Å². The van der Waals surface area contributed by atoms with Crippen molar-refractivity contribution in [2.24, 2.45) is 5.73 Å². The zero-order valence-corrected chi connectivity index (χ0v) is 12.5. The van der Waals surface area contributed by atoms with Gasteiger partial charge in [0.1, 0.15) is 0 Å². The molecule has 0 unspecified atom stereocenters. The van der Waals surface area contributed by atoms with Gasteiger partial charge < -0.3 is 21.1 Å². The molecule has 120 valence electrons. The first-order valence-corrected chi connectivity index (χ1v) is 7.37. The van der Waals surface area contributed by atoms with Crippen LogP contribution in [0.3, 0.4) is 0 Å².